The molecule has 0 aromatic carbocycles. The molecule has 1 fully saturated rings. The Hall–Kier alpha value is -3.14. The van der Waals surface area contributed by atoms with Crippen LogP contribution in [0.5, 0.6) is 0 Å². The average Bonchev–Trinajstić information content (AvgIpc) is 3.35. The summed E-state index contributed by atoms with van der Waals surface area (Å²) in [5, 5.41) is 18.8. The molecular weight excluding hydrogens is 418 g/mol. The molecule has 4 rings (SSSR count). The molecule has 31 heavy (non-hydrogen) atoms. The summed E-state index contributed by atoms with van der Waals surface area (Å²) in [6, 6.07) is 0.00173. The molecule has 0 unspecified atom stereocenters. The zero-order valence-electron chi connectivity index (χ0n) is 17.6. The maximum absolute atomic E-state index is 12.1. The number of likely N-dealkylation sites (tertiary alicyclic amines) is 1. The molecule has 164 valence electrons. The molecule has 1 saturated heterocycles. The van der Waals surface area contributed by atoms with Crippen LogP contribution < -0.4 is 10.6 Å². The van der Waals surface area contributed by atoms with Crippen LogP contribution in [0, 0.1) is 5.92 Å². The summed E-state index contributed by atoms with van der Waals surface area (Å²) >= 11 is 6.31. The second-order valence-electron chi connectivity index (χ2n) is 7.76. The van der Waals surface area contributed by atoms with Gasteiger partial charge in [0.25, 0.3) is 0 Å². The quantitative estimate of drug-likeness (QED) is 0.480. The lowest BCUT2D eigenvalue weighted by molar-refractivity contribution is -0.127. The maximum Gasteiger partial charge on any atom is 0.246 e. The van der Waals surface area contributed by atoms with Gasteiger partial charge in [0, 0.05) is 31.9 Å². The number of carbonyl (C=O) groups is 1. The molecule has 0 aliphatic carbocycles. The van der Waals surface area contributed by atoms with Crippen LogP contribution in [0.4, 0.5) is 17.5 Å². The first-order chi connectivity index (χ1) is 15.0. The van der Waals surface area contributed by atoms with Crippen molar-refractivity contribution in [2.75, 3.05) is 23.7 Å². The fraction of sp³-hybridized carbons (Fsp3) is 0.450. The molecule has 1 amide bonds. The number of H-pyrrole nitrogens is 1. The van der Waals surface area contributed by atoms with E-state index >= 15 is 0 Å². The third-order valence-corrected chi connectivity index (χ3v) is 5.76. The number of hydrogen-bond donors (Lipinski definition) is 3. The maximum atomic E-state index is 12.1. The Kier molecular flexibility index (Phi) is 6.08. The van der Waals surface area contributed by atoms with Gasteiger partial charge in [0.2, 0.25) is 11.9 Å². The molecule has 10 nitrogen and oxygen atoms in total. The molecule has 3 N–H and O–H groups in total. The number of amides is 1. The number of fused-ring (bicyclic) bond motifs is 1. The van der Waals surface area contributed by atoms with E-state index in [4.69, 9.17) is 11.6 Å². The molecule has 11 heteroatoms. The summed E-state index contributed by atoms with van der Waals surface area (Å²) in [7, 11) is 0. The minimum absolute atomic E-state index is 0.00173. The van der Waals surface area contributed by atoms with Crippen LogP contribution in [-0.4, -0.2) is 59.9 Å². The van der Waals surface area contributed by atoms with Crippen molar-refractivity contribution in [1.29, 1.82) is 0 Å². The lowest BCUT2D eigenvalue weighted by atomic mass is 9.93. The molecule has 4 heterocycles. The second kappa shape index (κ2) is 8.93. The number of rotatable bonds is 7. The SMILES string of the molecule is C=CC(=O)N1CC[C@@H](C)[C@@H](Nc2nc(Nc3cnn(CCC)c3)nc3[nH]nc(Cl)c23)C1. The number of nitrogens with zero attached hydrogens (tertiary/aromatic N) is 6. The van der Waals surface area contributed by atoms with Crippen LogP contribution in [0.3, 0.4) is 0 Å². The number of carbonyl (C=O) groups excluding carboxylic acids is 1. The van der Waals surface area contributed by atoms with Gasteiger partial charge in [0.1, 0.15) is 11.2 Å². The second-order valence-corrected chi connectivity index (χ2v) is 8.11. The van der Waals surface area contributed by atoms with Crippen LogP contribution in [-0.2, 0) is 11.3 Å². The van der Waals surface area contributed by atoms with Gasteiger partial charge in [0.15, 0.2) is 10.8 Å². The highest BCUT2D eigenvalue weighted by Gasteiger charge is 2.29. The van der Waals surface area contributed by atoms with E-state index in [0.717, 1.165) is 25.1 Å². The summed E-state index contributed by atoms with van der Waals surface area (Å²) in [5.74, 6) is 1.23. The van der Waals surface area contributed by atoms with E-state index in [0.29, 0.717) is 47.0 Å². The van der Waals surface area contributed by atoms with Crippen molar-refractivity contribution in [2.24, 2.45) is 5.92 Å². The van der Waals surface area contributed by atoms with Gasteiger partial charge in [-0.15, -0.1) is 0 Å². The van der Waals surface area contributed by atoms with Crippen molar-refractivity contribution in [3.05, 3.63) is 30.2 Å². The molecule has 1 aliphatic rings. The Morgan fingerprint density at radius 2 is 2.29 bits per heavy atom. The number of piperidine rings is 1. The Labute approximate surface area is 185 Å². The van der Waals surface area contributed by atoms with Gasteiger partial charge in [-0.05, 0) is 24.8 Å². The van der Waals surface area contributed by atoms with E-state index in [-0.39, 0.29) is 11.9 Å². The van der Waals surface area contributed by atoms with Crippen LogP contribution in [0.15, 0.2) is 25.0 Å². The van der Waals surface area contributed by atoms with E-state index in [1.807, 2.05) is 10.9 Å². The first-order valence-electron chi connectivity index (χ1n) is 10.4. The van der Waals surface area contributed by atoms with Crippen molar-refractivity contribution in [2.45, 2.75) is 39.3 Å². The monoisotopic (exact) mass is 443 g/mol. The van der Waals surface area contributed by atoms with Gasteiger partial charge in [0.05, 0.1) is 11.9 Å². The molecule has 0 bridgehead atoms. The van der Waals surface area contributed by atoms with E-state index in [9.17, 15) is 4.79 Å². The molecule has 3 aromatic heterocycles. The van der Waals surface area contributed by atoms with E-state index in [1.54, 1.807) is 11.1 Å². The van der Waals surface area contributed by atoms with Crippen molar-refractivity contribution >= 4 is 46.0 Å². The first-order valence-corrected chi connectivity index (χ1v) is 10.7. The van der Waals surface area contributed by atoms with Gasteiger partial charge < -0.3 is 15.5 Å². The standard InChI is InChI=1S/C20H26ClN9O/c1-4-7-30-10-13(9-22-30)23-20-25-18(16-17(21)27-28-19(16)26-20)24-14-11-29(15(31)5-2)8-6-12(14)3/h5,9-10,12,14H,2,4,6-8,11H2,1,3H3,(H3,23,24,25,26,27,28)/t12-,14+/m1/s1. The zero-order chi connectivity index (χ0) is 22.0. The number of nitrogens with one attached hydrogen (secondary N) is 3. The zero-order valence-corrected chi connectivity index (χ0v) is 18.4. The summed E-state index contributed by atoms with van der Waals surface area (Å²) in [6.45, 7) is 9.96. The summed E-state index contributed by atoms with van der Waals surface area (Å²) in [6.07, 6.45) is 6.87. The smallest absolute Gasteiger partial charge is 0.246 e. The van der Waals surface area contributed by atoms with E-state index in [2.05, 4.69) is 56.3 Å². The van der Waals surface area contributed by atoms with Gasteiger partial charge >= 0.3 is 0 Å². The van der Waals surface area contributed by atoms with Crippen LogP contribution in [0.25, 0.3) is 11.0 Å². The molecule has 2 atom stereocenters. The van der Waals surface area contributed by atoms with Gasteiger partial charge in [-0.2, -0.15) is 20.2 Å². The fourth-order valence-electron chi connectivity index (χ4n) is 3.73. The fourth-order valence-corrected chi connectivity index (χ4v) is 3.95. The molecule has 3 aromatic rings. The highest BCUT2D eigenvalue weighted by atomic mass is 35.5. The Balaban J connectivity index is 1.62. The number of hydrogen-bond acceptors (Lipinski definition) is 7. The minimum Gasteiger partial charge on any atom is -0.364 e. The minimum atomic E-state index is -0.0701. The highest BCUT2D eigenvalue weighted by Crippen LogP contribution is 2.30. The Morgan fingerprint density at radius 1 is 1.45 bits per heavy atom. The van der Waals surface area contributed by atoms with Crippen molar-refractivity contribution in [3.63, 3.8) is 0 Å². The van der Waals surface area contributed by atoms with E-state index < -0.39 is 0 Å². The van der Waals surface area contributed by atoms with Crippen molar-refractivity contribution < 1.29 is 4.79 Å². The lowest BCUT2D eigenvalue weighted by Crippen LogP contribution is -2.48. The summed E-state index contributed by atoms with van der Waals surface area (Å²) in [5.41, 5.74) is 1.31. The third-order valence-electron chi connectivity index (χ3n) is 5.48. The molecular formula is C20H26ClN9O. The number of aromatic nitrogens is 6. The third kappa shape index (κ3) is 4.48. The molecule has 0 saturated carbocycles. The van der Waals surface area contributed by atoms with Crippen LogP contribution in [0.2, 0.25) is 5.15 Å². The first kappa shape index (κ1) is 21.1. The van der Waals surface area contributed by atoms with Crippen molar-refractivity contribution in [3.8, 4) is 0 Å². The number of anilines is 3. The van der Waals surface area contributed by atoms with Gasteiger partial charge in [-0.25, -0.2) is 0 Å². The molecule has 0 spiro atoms. The largest absolute Gasteiger partial charge is 0.364 e. The van der Waals surface area contributed by atoms with Crippen LogP contribution in [0.1, 0.15) is 26.7 Å². The number of aromatic amines is 1. The molecule has 1 aliphatic heterocycles. The molecule has 0 radical (unpaired) electrons. The Bertz CT molecular complexity index is 1090. The highest BCUT2D eigenvalue weighted by molar-refractivity contribution is 6.35. The van der Waals surface area contributed by atoms with Crippen LogP contribution >= 0.6 is 11.6 Å². The van der Waals surface area contributed by atoms with E-state index in [1.165, 1.54) is 6.08 Å². The van der Waals surface area contributed by atoms with Crippen molar-refractivity contribution in [1.82, 2.24) is 34.8 Å². The number of aryl methyl sites for hydroxylation is 1. The normalized spacial score (nSPS) is 18.9. The average molecular weight is 444 g/mol. The predicted octanol–water partition coefficient (Wildman–Crippen LogP) is 3.19. The topological polar surface area (TPSA) is 117 Å². The van der Waals surface area contributed by atoms with Gasteiger partial charge in [-0.3, -0.25) is 14.6 Å². The summed E-state index contributed by atoms with van der Waals surface area (Å²) < 4.78 is 1.86. The Morgan fingerprint density at radius 3 is 3.06 bits per heavy atom. The lowest BCUT2D eigenvalue weighted by Gasteiger charge is -2.37. The predicted molar refractivity (Wildman–Crippen MR) is 120 cm³/mol. The van der Waals surface area contributed by atoms with Gasteiger partial charge in [-0.1, -0.05) is 32.0 Å². The number of halogens is 1. The summed E-state index contributed by atoms with van der Waals surface area (Å²) in [4.78, 5) is 23.1.